The molecule has 2 aromatic carbocycles. The normalized spacial score (nSPS) is 22.0. The van der Waals surface area contributed by atoms with Crippen molar-refractivity contribution in [3.63, 3.8) is 0 Å². The fourth-order valence-electron chi connectivity index (χ4n) is 3.96. The van der Waals surface area contributed by atoms with E-state index in [2.05, 4.69) is 38.3 Å². The molecule has 2 saturated heterocycles. The molecule has 0 saturated carbocycles. The molecule has 29 heavy (non-hydrogen) atoms. The standard InChI is InChI=1S/C22H25BrFN3O2/c23-18-2-1-3-20(12-18)26-9-8-16(14-26)13-25-22(28)27-10-11-29-21(15-27)17-4-6-19(24)7-5-17/h1-7,12,16,21H,8-11,13-15H2,(H,25,28). The van der Waals surface area contributed by atoms with Crippen LogP contribution in [0, 0.1) is 11.7 Å². The third-order valence-corrected chi connectivity index (χ3v) is 6.09. The van der Waals surface area contributed by atoms with Crippen LogP contribution in [0.2, 0.25) is 0 Å². The Balaban J connectivity index is 1.27. The third-order valence-electron chi connectivity index (χ3n) is 5.60. The van der Waals surface area contributed by atoms with Crippen LogP contribution in [0.1, 0.15) is 18.1 Å². The summed E-state index contributed by atoms with van der Waals surface area (Å²) in [5, 5.41) is 3.09. The zero-order valence-corrected chi connectivity index (χ0v) is 17.8. The van der Waals surface area contributed by atoms with Crippen molar-refractivity contribution in [2.45, 2.75) is 12.5 Å². The predicted octanol–water partition coefficient (Wildman–Crippen LogP) is 4.20. The summed E-state index contributed by atoms with van der Waals surface area (Å²) in [7, 11) is 0. The number of ether oxygens (including phenoxy) is 1. The van der Waals surface area contributed by atoms with Gasteiger partial charge in [0.15, 0.2) is 0 Å². The number of urea groups is 1. The number of hydrogen-bond donors (Lipinski definition) is 1. The van der Waals surface area contributed by atoms with Crippen molar-refractivity contribution in [3.8, 4) is 0 Å². The van der Waals surface area contributed by atoms with Crippen molar-refractivity contribution in [2.75, 3.05) is 44.2 Å². The van der Waals surface area contributed by atoms with Crippen molar-refractivity contribution in [2.24, 2.45) is 5.92 Å². The van der Waals surface area contributed by atoms with E-state index >= 15 is 0 Å². The van der Waals surface area contributed by atoms with Crippen molar-refractivity contribution in [1.82, 2.24) is 10.2 Å². The summed E-state index contributed by atoms with van der Waals surface area (Å²) in [6, 6.07) is 14.6. The van der Waals surface area contributed by atoms with Crippen LogP contribution < -0.4 is 10.2 Å². The lowest BCUT2D eigenvalue weighted by molar-refractivity contribution is -0.0155. The first-order chi connectivity index (χ1) is 14.1. The van der Waals surface area contributed by atoms with Gasteiger partial charge < -0.3 is 19.9 Å². The average Bonchev–Trinajstić information content (AvgIpc) is 3.22. The molecule has 2 unspecified atom stereocenters. The Labute approximate surface area is 179 Å². The Morgan fingerprint density at radius 3 is 2.79 bits per heavy atom. The van der Waals surface area contributed by atoms with Crippen molar-refractivity contribution >= 4 is 27.6 Å². The maximum Gasteiger partial charge on any atom is 0.317 e. The van der Waals surface area contributed by atoms with Gasteiger partial charge in [0.05, 0.1) is 13.2 Å². The van der Waals surface area contributed by atoms with Gasteiger partial charge in [-0.1, -0.05) is 34.1 Å². The quantitative estimate of drug-likeness (QED) is 0.741. The smallest absolute Gasteiger partial charge is 0.317 e. The lowest BCUT2D eigenvalue weighted by Gasteiger charge is -2.33. The zero-order valence-electron chi connectivity index (χ0n) is 16.2. The summed E-state index contributed by atoms with van der Waals surface area (Å²) in [6.45, 7) is 4.14. The summed E-state index contributed by atoms with van der Waals surface area (Å²) in [5.41, 5.74) is 2.10. The number of morpholine rings is 1. The van der Waals surface area contributed by atoms with E-state index in [0.717, 1.165) is 29.5 Å². The number of nitrogens with one attached hydrogen (secondary N) is 1. The van der Waals surface area contributed by atoms with E-state index in [0.29, 0.717) is 32.2 Å². The molecule has 0 aliphatic carbocycles. The number of rotatable bonds is 4. The van der Waals surface area contributed by atoms with E-state index in [1.54, 1.807) is 17.0 Å². The second-order valence-electron chi connectivity index (χ2n) is 7.62. The number of carbonyl (C=O) groups is 1. The maximum absolute atomic E-state index is 13.1. The van der Waals surface area contributed by atoms with Gasteiger partial charge in [0, 0.05) is 36.3 Å². The first-order valence-corrected chi connectivity index (χ1v) is 10.8. The van der Waals surface area contributed by atoms with E-state index in [4.69, 9.17) is 4.74 Å². The number of hydrogen-bond acceptors (Lipinski definition) is 3. The van der Waals surface area contributed by atoms with Gasteiger partial charge in [-0.15, -0.1) is 0 Å². The Bertz CT molecular complexity index is 848. The topological polar surface area (TPSA) is 44.8 Å². The number of nitrogens with zero attached hydrogens (tertiary/aromatic N) is 2. The number of benzene rings is 2. The van der Waals surface area contributed by atoms with Gasteiger partial charge in [0.25, 0.3) is 0 Å². The number of carbonyl (C=O) groups excluding carboxylic acids is 1. The Kier molecular flexibility index (Phi) is 6.35. The molecule has 2 aliphatic heterocycles. The van der Waals surface area contributed by atoms with Gasteiger partial charge in [-0.2, -0.15) is 0 Å². The van der Waals surface area contributed by atoms with E-state index in [1.165, 1.54) is 17.8 Å². The van der Waals surface area contributed by atoms with Crippen LogP contribution in [0.5, 0.6) is 0 Å². The number of anilines is 1. The lowest BCUT2D eigenvalue weighted by atomic mass is 10.1. The van der Waals surface area contributed by atoms with Crippen LogP contribution in [0.3, 0.4) is 0 Å². The highest BCUT2D eigenvalue weighted by Crippen LogP contribution is 2.26. The van der Waals surface area contributed by atoms with E-state index in [9.17, 15) is 9.18 Å². The van der Waals surface area contributed by atoms with Crippen molar-refractivity contribution in [3.05, 3.63) is 64.4 Å². The second-order valence-corrected chi connectivity index (χ2v) is 8.54. The molecular weight excluding hydrogens is 437 g/mol. The highest BCUT2D eigenvalue weighted by Gasteiger charge is 2.27. The van der Waals surface area contributed by atoms with Gasteiger partial charge in [-0.3, -0.25) is 0 Å². The molecule has 1 N–H and O–H groups in total. The first-order valence-electron chi connectivity index (χ1n) is 9.99. The molecule has 2 heterocycles. The highest BCUT2D eigenvalue weighted by molar-refractivity contribution is 9.10. The summed E-state index contributed by atoms with van der Waals surface area (Å²) >= 11 is 3.53. The van der Waals surface area contributed by atoms with Crippen LogP contribution in [0.25, 0.3) is 0 Å². The van der Waals surface area contributed by atoms with Crippen LogP contribution in [0.4, 0.5) is 14.9 Å². The SMILES string of the molecule is O=C(NCC1CCN(c2cccc(Br)c2)C1)N1CCOC(c2ccc(F)cc2)C1. The van der Waals surface area contributed by atoms with Gasteiger partial charge in [0.1, 0.15) is 11.9 Å². The monoisotopic (exact) mass is 461 g/mol. The predicted molar refractivity (Wildman–Crippen MR) is 115 cm³/mol. The van der Waals surface area contributed by atoms with Gasteiger partial charge in [-0.25, -0.2) is 9.18 Å². The number of amides is 2. The minimum atomic E-state index is -0.271. The molecule has 154 valence electrons. The second kappa shape index (κ2) is 9.13. The summed E-state index contributed by atoms with van der Waals surface area (Å²) in [4.78, 5) is 16.8. The van der Waals surface area contributed by atoms with Crippen LogP contribution >= 0.6 is 15.9 Å². The van der Waals surface area contributed by atoms with Crippen molar-refractivity contribution < 1.29 is 13.9 Å². The Morgan fingerprint density at radius 2 is 2.00 bits per heavy atom. The summed E-state index contributed by atoms with van der Waals surface area (Å²) in [5.74, 6) is 0.166. The molecule has 0 bridgehead atoms. The fourth-order valence-corrected chi connectivity index (χ4v) is 4.35. The molecule has 2 atom stereocenters. The molecular formula is C22H25BrFN3O2. The van der Waals surface area contributed by atoms with E-state index in [1.807, 2.05) is 12.1 Å². The van der Waals surface area contributed by atoms with Crippen molar-refractivity contribution in [1.29, 1.82) is 0 Å². The molecule has 2 aliphatic rings. The number of halogens is 2. The maximum atomic E-state index is 13.1. The molecule has 2 aromatic rings. The molecule has 0 spiro atoms. The minimum absolute atomic E-state index is 0.0543. The highest BCUT2D eigenvalue weighted by atomic mass is 79.9. The first kappa shape index (κ1) is 20.2. The van der Waals surface area contributed by atoms with Crippen LogP contribution in [0.15, 0.2) is 53.0 Å². The molecule has 0 radical (unpaired) electrons. The van der Waals surface area contributed by atoms with Crippen LogP contribution in [-0.4, -0.2) is 50.3 Å². The summed E-state index contributed by atoms with van der Waals surface area (Å²) in [6.07, 6.45) is 0.849. The van der Waals surface area contributed by atoms with Gasteiger partial charge in [-0.05, 0) is 48.2 Å². The molecule has 7 heteroatoms. The molecule has 5 nitrogen and oxygen atoms in total. The van der Waals surface area contributed by atoms with Gasteiger partial charge >= 0.3 is 6.03 Å². The van der Waals surface area contributed by atoms with E-state index < -0.39 is 0 Å². The lowest BCUT2D eigenvalue weighted by Crippen LogP contribution is -2.48. The van der Waals surface area contributed by atoms with Gasteiger partial charge in [0.2, 0.25) is 0 Å². The van der Waals surface area contributed by atoms with E-state index in [-0.39, 0.29) is 18.0 Å². The Morgan fingerprint density at radius 1 is 1.17 bits per heavy atom. The molecule has 4 rings (SSSR count). The average molecular weight is 462 g/mol. The summed E-state index contributed by atoms with van der Waals surface area (Å²) < 4.78 is 20.0. The Hall–Kier alpha value is -2.12. The zero-order chi connectivity index (χ0) is 20.2. The van der Waals surface area contributed by atoms with Crippen LogP contribution in [-0.2, 0) is 4.74 Å². The molecule has 2 fully saturated rings. The molecule has 2 amide bonds. The molecule has 0 aromatic heterocycles. The largest absolute Gasteiger partial charge is 0.371 e. The third kappa shape index (κ3) is 5.08. The minimum Gasteiger partial charge on any atom is -0.371 e. The fraction of sp³-hybridized carbons (Fsp3) is 0.409.